The molecule has 1 fully saturated rings. The van der Waals surface area contributed by atoms with Gasteiger partial charge in [0.05, 0.1) is 0 Å². The van der Waals surface area contributed by atoms with Gasteiger partial charge in [0.15, 0.2) is 11.7 Å². The second kappa shape index (κ2) is 7.57. The van der Waals surface area contributed by atoms with Gasteiger partial charge in [-0.25, -0.2) is 10.7 Å². The topological polar surface area (TPSA) is 70.8 Å². The molecule has 0 radical (unpaired) electrons. The van der Waals surface area contributed by atoms with Crippen LogP contribution in [0, 0.1) is 0 Å². The third-order valence-corrected chi connectivity index (χ3v) is 4.33. The van der Waals surface area contributed by atoms with E-state index in [1.165, 1.54) is 0 Å². The van der Waals surface area contributed by atoms with Crippen molar-refractivity contribution in [2.24, 2.45) is 5.90 Å². The summed E-state index contributed by atoms with van der Waals surface area (Å²) in [6, 6.07) is 19.3. The Balaban J connectivity index is 1.88. The second-order valence-electron chi connectivity index (χ2n) is 5.83. The highest BCUT2D eigenvalue weighted by Crippen LogP contribution is 2.31. The van der Waals surface area contributed by atoms with Gasteiger partial charge in [0.2, 0.25) is 0 Å². The van der Waals surface area contributed by atoms with Crippen LogP contribution in [0.15, 0.2) is 60.7 Å². The van der Waals surface area contributed by atoms with Crippen molar-refractivity contribution in [2.75, 3.05) is 13.2 Å². The van der Waals surface area contributed by atoms with Crippen LogP contribution >= 0.6 is 0 Å². The summed E-state index contributed by atoms with van der Waals surface area (Å²) in [4.78, 5) is 17.9. The molecule has 0 unspecified atom stereocenters. The van der Waals surface area contributed by atoms with Crippen molar-refractivity contribution in [3.05, 3.63) is 71.8 Å². The van der Waals surface area contributed by atoms with Crippen LogP contribution < -0.4 is 5.90 Å². The third-order valence-electron chi connectivity index (χ3n) is 4.33. The van der Waals surface area contributed by atoms with Crippen LogP contribution in [0.3, 0.4) is 0 Å². The number of nitrogens with two attached hydrogens (primary N) is 1. The molecule has 126 valence electrons. The first-order chi connectivity index (χ1) is 11.7. The van der Waals surface area contributed by atoms with E-state index in [0.29, 0.717) is 26.1 Å². The summed E-state index contributed by atoms with van der Waals surface area (Å²) in [5.41, 5.74) is 0.660. The number of carbonyl (C=O) groups is 1. The molecule has 5 nitrogen and oxygen atoms in total. The van der Waals surface area contributed by atoms with Crippen molar-refractivity contribution >= 4 is 5.97 Å². The summed E-state index contributed by atoms with van der Waals surface area (Å²) in [6.45, 7) is 0.848. The number of carbonyl (C=O) groups excluding carboxylic acids is 1. The molecule has 0 spiro atoms. The van der Waals surface area contributed by atoms with Gasteiger partial charge in [0.25, 0.3) is 0 Å². The Kier molecular flexibility index (Phi) is 5.25. The van der Waals surface area contributed by atoms with Crippen molar-refractivity contribution in [1.82, 2.24) is 0 Å². The van der Waals surface area contributed by atoms with Crippen molar-refractivity contribution in [2.45, 2.75) is 24.5 Å². The van der Waals surface area contributed by atoms with Gasteiger partial charge in [-0.15, -0.1) is 0 Å². The normalized spacial score (nSPS) is 16.8. The van der Waals surface area contributed by atoms with E-state index < -0.39 is 17.7 Å². The lowest BCUT2D eigenvalue weighted by atomic mass is 9.94. The van der Waals surface area contributed by atoms with E-state index >= 15 is 0 Å². The Bertz CT molecular complexity index is 614. The fourth-order valence-electron chi connectivity index (χ4n) is 2.87. The standard InChI is InChI=1S/C19H21NO4/c20-24-19(11-13-22-14-12-19)18(21)23-17(15-7-3-1-4-8-15)16-9-5-2-6-10-16/h1-10,17H,11-14,20H2. The predicted molar refractivity (Wildman–Crippen MR) is 88.9 cm³/mol. The fourth-order valence-corrected chi connectivity index (χ4v) is 2.87. The average Bonchev–Trinajstić information content (AvgIpc) is 2.67. The summed E-state index contributed by atoms with van der Waals surface area (Å²) >= 11 is 0. The molecule has 1 saturated heterocycles. The van der Waals surface area contributed by atoms with Gasteiger partial charge >= 0.3 is 5.97 Å². The van der Waals surface area contributed by atoms with Gasteiger partial charge in [-0.2, -0.15) is 0 Å². The monoisotopic (exact) mass is 327 g/mol. The highest BCUT2D eigenvalue weighted by molar-refractivity contribution is 5.80. The first kappa shape index (κ1) is 16.6. The molecule has 0 amide bonds. The predicted octanol–water partition coefficient (Wildman–Crippen LogP) is 2.76. The first-order valence-corrected chi connectivity index (χ1v) is 8.02. The molecule has 0 atom stereocenters. The Morgan fingerprint density at radius 3 is 1.92 bits per heavy atom. The van der Waals surface area contributed by atoms with Gasteiger partial charge in [-0.3, -0.25) is 4.84 Å². The van der Waals surface area contributed by atoms with Crippen molar-refractivity contribution in [3.63, 3.8) is 0 Å². The molecule has 3 rings (SSSR count). The lowest BCUT2D eigenvalue weighted by molar-refractivity contribution is -0.189. The van der Waals surface area contributed by atoms with E-state index in [2.05, 4.69) is 0 Å². The maximum Gasteiger partial charge on any atom is 0.341 e. The van der Waals surface area contributed by atoms with Crippen LogP contribution in [0.5, 0.6) is 0 Å². The molecule has 5 heteroatoms. The summed E-state index contributed by atoms with van der Waals surface area (Å²) in [7, 11) is 0. The SMILES string of the molecule is NOC1(C(=O)OC(c2ccccc2)c2ccccc2)CCOCC1. The van der Waals surface area contributed by atoms with Gasteiger partial charge in [-0.1, -0.05) is 60.7 Å². The molecule has 24 heavy (non-hydrogen) atoms. The molecule has 0 saturated carbocycles. The lowest BCUT2D eigenvalue weighted by Gasteiger charge is -2.34. The molecule has 2 N–H and O–H groups in total. The van der Waals surface area contributed by atoms with Crippen molar-refractivity contribution in [1.29, 1.82) is 0 Å². The Morgan fingerprint density at radius 1 is 0.958 bits per heavy atom. The smallest absolute Gasteiger partial charge is 0.341 e. The highest BCUT2D eigenvalue weighted by atomic mass is 16.7. The third kappa shape index (κ3) is 3.48. The van der Waals surface area contributed by atoms with Crippen LogP contribution in [-0.2, 0) is 19.1 Å². The van der Waals surface area contributed by atoms with E-state index in [-0.39, 0.29) is 0 Å². The largest absolute Gasteiger partial charge is 0.450 e. The number of esters is 1. The van der Waals surface area contributed by atoms with Crippen LogP contribution in [0.25, 0.3) is 0 Å². The van der Waals surface area contributed by atoms with Crippen LogP contribution in [0.1, 0.15) is 30.1 Å². The minimum atomic E-state index is -1.14. The number of hydrogen-bond acceptors (Lipinski definition) is 5. The Hall–Kier alpha value is -2.21. The van der Waals surface area contributed by atoms with E-state index in [4.69, 9.17) is 20.2 Å². The molecular weight excluding hydrogens is 306 g/mol. The van der Waals surface area contributed by atoms with Gasteiger partial charge in [0.1, 0.15) is 0 Å². The van der Waals surface area contributed by atoms with Crippen LogP contribution in [0.4, 0.5) is 0 Å². The summed E-state index contributed by atoms with van der Waals surface area (Å²) in [5, 5.41) is 0. The maximum atomic E-state index is 12.8. The highest BCUT2D eigenvalue weighted by Gasteiger charge is 2.44. The van der Waals surface area contributed by atoms with E-state index in [9.17, 15) is 4.79 Å². The zero-order valence-electron chi connectivity index (χ0n) is 13.4. The molecule has 1 aliphatic heterocycles. The minimum Gasteiger partial charge on any atom is -0.450 e. The molecule has 1 heterocycles. The zero-order valence-corrected chi connectivity index (χ0v) is 13.4. The zero-order chi connectivity index (χ0) is 16.8. The van der Waals surface area contributed by atoms with E-state index in [0.717, 1.165) is 11.1 Å². The van der Waals surface area contributed by atoms with E-state index in [1.807, 2.05) is 60.7 Å². The van der Waals surface area contributed by atoms with Gasteiger partial charge < -0.3 is 9.47 Å². The van der Waals surface area contributed by atoms with Crippen molar-refractivity contribution < 1.29 is 19.1 Å². The fraction of sp³-hybridized carbons (Fsp3) is 0.316. The molecule has 0 aliphatic carbocycles. The molecule has 2 aromatic rings. The summed E-state index contributed by atoms with van der Waals surface area (Å²) in [5.74, 6) is 4.98. The lowest BCUT2D eigenvalue weighted by Crippen LogP contribution is -2.49. The van der Waals surface area contributed by atoms with Crippen molar-refractivity contribution in [3.8, 4) is 0 Å². The van der Waals surface area contributed by atoms with Gasteiger partial charge in [0, 0.05) is 26.1 Å². The van der Waals surface area contributed by atoms with Gasteiger partial charge in [-0.05, 0) is 11.1 Å². The number of rotatable bonds is 5. The quantitative estimate of drug-likeness (QED) is 0.675. The van der Waals surface area contributed by atoms with Crippen LogP contribution in [0.2, 0.25) is 0 Å². The molecule has 2 aromatic carbocycles. The number of benzene rings is 2. The molecular formula is C19H21NO4. The van der Waals surface area contributed by atoms with E-state index in [1.54, 1.807) is 0 Å². The average molecular weight is 327 g/mol. The first-order valence-electron chi connectivity index (χ1n) is 8.02. The van der Waals surface area contributed by atoms with Crippen LogP contribution in [-0.4, -0.2) is 24.8 Å². The Labute approximate surface area is 141 Å². The molecule has 1 aliphatic rings. The number of hydrogen-bond donors (Lipinski definition) is 1. The summed E-state index contributed by atoms with van der Waals surface area (Å²) < 4.78 is 11.2. The molecule has 0 bridgehead atoms. The number of ether oxygens (including phenoxy) is 2. The minimum absolute atomic E-state index is 0.388. The molecule has 0 aromatic heterocycles. The summed E-state index contributed by atoms with van der Waals surface area (Å²) in [6.07, 6.45) is 0.270. The maximum absolute atomic E-state index is 12.8. The second-order valence-corrected chi connectivity index (χ2v) is 5.83. The Morgan fingerprint density at radius 2 is 1.46 bits per heavy atom.